The molecule has 1 aliphatic heterocycles. The fraction of sp³-hybridized carbons (Fsp3) is 0.350. The number of benzene rings is 1. The molecule has 2 N–H and O–H groups in total. The number of hydrogen-bond acceptors (Lipinski definition) is 7. The van der Waals surface area contributed by atoms with E-state index in [4.69, 9.17) is 9.84 Å². The lowest BCUT2D eigenvalue weighted by Crippen LogP contribution is -2.34. The maximum atomic E-state index is 12.2. The molecule has 0 bridgehead atoms. The van der Waals surface area contributed by atoms with Crippen LogP contribution in [-0.4, -0.2) is 63.0 Å². The highest BCUT2D eigenvalue weighted by Crippen LogP contribution is 2.25. The first-order valence-electron chi connectivity index (χ1n) is 9.18. The number of hydrogen-bond donors (Lipinski definition) is 2. The van der Waals surface area contributed by atoms with E-state index in [1.165, 1.54) is 28.5 Å². The van der Waals surface area contributed by atoms with Gasteiger partial charge in [0.15, 0.2) is 10.0 Å². The maximum Gasteiger partial charge on any atom is 0.355 e. The summed E-state index contributed by atoms with van der Waals surface area (Å²) < 4.78 is 6.21. The van der Waals surface area contributed by atoms with Crippen LogP contribution in [0.25, 0.3) is 0 Å². The zero-order valence-electron chi connectivity index (χ0n) is 15.6. The molecule has 154 valence electrons. The molecule has 1 amide bonds. The molecule has 1 fully saturated rings. The normalized spacial score (nSPS) is 17.8. The monoisotopic (exact) mass is 434 g/mol. The van der Waals surface area contributed by atoms with Crippen LogP contribution in [0.5, 0.6) is 5.75 Å². The first-order valence-corrected chi connectivity index (χ1v) is 11.0. The third-order valence-corrected chi connectivity index (χ3v) is 6.36. The molecule has 1 aromatic carbocycles. The molecule has 29 heavy (non-hydrogen) atoms. The van der Waals surface area contributed by atoms with Crippen LogP contribution in [0.1, 0.15) is 23.3 Å². The van der Waals surface area contributed by atoms with Crippen molar-refractivity contribution in [2.45, 2.75) is 29.3 Å². The van der Waals surface area contributed by atoms with Crippen molar-refractivity contribution in [1.82, 2.24) is 9.88 Å². The average Bonchev–Trinajstić information content (AvgIpc) is 3.33. The Bertz CT molecular complexity index is 856. The quantitative estimate of drug-likeness (QED) is 0.438. The van der Waals surface area contributed by atoms with Crippen LogP contribution in [0.15, 0.2) is 52.2 Å². The second-order valence-electron chi connectivity index (χ2n) is 6.42. The zero-order chi connectivity index (χ0) is 20.6. The van der Waals surface area contributed by atoms with Gasteiger partial charge in [-0.15, -0.1) is 11.3 Å². The van der Waals surface area contributed by atoms with E-state index in [9.17, 15) is 14.7 Å². The van der Waals surface area contributed by atoms with Gasteiger partial charge in [-0.05, 0) is 18.6 Å². The summed E-state index contributed by atoms with van der Waals surface area (Å²) >= 11 is 2.72. The molecule has 1 saturated heterocycles. The Labute approximate surface area is 177 Å². The van der Waals surface area contributed by atoms with Crippen LogP contribution < -0.4 is 4.74 Å². The minimum Gasteiger partial charge on any atom is -0.491 e. The van der Waals surface area contributed by atoms with Crippen molar-refractivity contribution < 1.29 is 24.5 Å². The Morgan fingerprint density at radius 1 is 1.41 bits per heavy atom. The summed E-state index contributed by atoms with van der Waals surface area (Å²) in [5.74, 6) is 0.369. The van der Waals surface area contributed by atoms with Crippen LogP contribution in [0.3, 0.4) is 0 Å². The van der Waals surface area contributed by atoms with Gasteiger partial charge in [0.1, 0.15) is 18.5 Å². The van der Waals surface area contributed by atoms with E-state index in [1.54, 1.807) is 11.0 Å². The molecule has 0 aliphatic carbocycles. The summed E-state index contributed by atoms with van der Waals surface area (Å²) in [6.07, 6.45) is 3.97. The van der Waals surface area contributed by atoms with E-state index >= 15 is 0 Å². The molecule has 1 aromatic heterocycles. The predicted molar refractivity (Wildman–Crippen MR) is 112 cm³/mol. The summed E-state index contributed by atoms with van der Waals surface area (Å²) in [5, 5.41) is 20.5. The van der Waals surface area contributed by atoms with Crippen LogP contribution in [0.4, 0.5) is 0 Å². The number of carbonyl (C=O) groups is 2. The number of thioether (sulfide) groups is 1. The summed E-state index contributed by atoms with van der Waals surface area (Å²) in [5.41, 5.74) is 0.0438. The number of aromatic nitrogens is 1. The van der Waals surface area contributed by atoms with Crippen molar-refractivity contribution in [3.63, 3.8) is 0 Å². The minimum atomic E-state index is -1.04. The lowest BCUT2D eigenvalue weighted by Gasteiger charge is -2.22. The molecule has 1 unspecified atom stereocenters. The Morgan fingerprint density at radius 3 is 2.93 bits per heavy atom. The largest absolute Gasteiger partial charge is 0.491 e. The molecular formula is C20H22N2O5S2. The number of carboxylic acid groups (broad SMARTS) is 1. The topological polar surface area (TPSA) is 100.0 Å². The Kier molecular flexibility index (Phi) is 7.68. The predicted octanol–water partition coefficient (Wildman–Crippen LogP) is 2.92. The lowest BCUT2D eigenvalue weighted by molar-refractivity contribution is -0.128. The highest BCUT2D eigenvalue weighted by molar-refractivity contribution is 8.01. The molecule has 7 nitrogen and oxygen atoms in total. The summed E-state index contributed by atoms with van der Waals surface area (Å²) in [4.78, 5) is 28.9. The summed E-state index contributed by atoms with van der Waals surface area (Å²) in [6.45, 7) is 0.685. The number of aliphatic hydroxyl groups excluding tert-OH is 1. The van der Waals surface area contributed by atoms with Crippen molar-refractivity contribution in [3.05, 3.63) is 53.6 Å². The molecule has 0 spiro atoms. The number of aromatic carboxylic acids is 1. The van der Waals surface area contributed by atoms with Crippen molar-refractivity contribution in [1.29, 1.82) is 0 Å². The molecule has 2 atom stereocenters. The van der Waals surface area contributed by atoms with E-state index < -0.39 is 12.1 Å². The third-order valence-electron chi connectivity index (χ3n) is 4.35. The second-order valence-corrected chi connectivity index (χ2v) is 8.62. The van der Waals surface area contributed by atoms with Gasteiger partial charge >= 0.3 is 5.97 Å². The molecule has 9 heteroatoms. The van der Waals surface area contributed by atoms with E-state index in [-0.39, 0.29) is 24.2 Å². The van der Waals surface area contributed by atoms with Crippen molar-refractivity contribution in [2.75, 3.05) is 18.9 Å². The first kappa shape index (κ1) is 21.4. The van der Waals surface area contributed by atoms with Crippen molar-refractivity contribution in [3.8, 4) is 5.75 Å². The number of para-hydroxylation sites is 1. The van der Waals surface area contributed by atoms with Crippen LogP contribution in [0.2, 0.25) is 0 Å². The van der Waals surface area contributed by atoms with Gasteiger partial charge in [-0.1, -0.05) is 42.1 Å². The van der Waals surface area contributed by atoms with E-state index in [1.807, 2.05) is 36.4 Å². The molecule has 1 aliphatic rings. The second kappa shape index (κ2) is 10.4. The number of carboxylic acids is 1. The number of nitrogens with zero attached hydrogens (tertiary/aromatic N) is 2. The van der Waals surface area contributed by atoms with Crippen molar-refractivity contribution >= 4 is 35.0 Å². The van der Waals surface area contributed by atoms with Crippen LogP contribution in [-0.2, 0) is 4.79 Å². The molecule has 0 radical (unpaired) electrons. The van der Waals surface area contributed by atoms with Gasteiger partial charge < -0.3 is 19.8 Å². The van der Waals surface area contributed by atoms with E-state index in [0.717, 1.165) is 0 Å². The van der Waals surface area contributed by atoms with Crippen LogP contribution >= 0.6 is 23.1 Å². The van der Waals surface area contributed by atoms with Gasteiger partial charge in [-0.2, -0.15) is 0 Å². The molecular weight excluding hydrogens is 412 g/mol. The highest BCUT2D eigenvalue weighted by Gasteiger charge is 2.28. The van der Waals surface area contributed by atoms with Crippen LogP contribution in [0, 0.1) is 0 Å². The SMILES string of the molecule is O=C(O)c1csc(SCCN2C(=O)CC[C@@H]2/C=C/C(O)COc2ccccc2)n1. The molecule has 2 heterocycles. The average molecular weight is 435 g/mol. The molecule has 3 rings (SSSR count). The zero-order valence-corrected chi connectivity index (χ0v) is 17.3. The van der Waals surface area contributed by atoms with E-state index in [0.29, 0.717) is 35.2 Å². The summed E-state index contributed by atoms with van der Waals surface area (Å²) in [7, 11) is 0. The van der Waals surface area contributed by atoms with Gasteiger partial charge in [0.25, 0.3) is 0 Å². The Morgan fingerprint density at radius 2 is 2.21 bits per heavy atom. The fourth-order valence-corrected chi connectivity index (χ4v) is 4.72. The Hall–Kier alpha value is -2.36. The van der Waals surface area contributed by atoms with Gasteiger partial charge in [0, 0.05) is 24.1 Å². The number of aliphatic hydroxyl groups is 1. The number of rotatable bonds is 10. The summed E-state index contributed by atoms with van der Waals surface area (Å²) in [6, 6.07) is 9.23. The van der Waals surface area contributed by atoms with Gasteiger partial charge in [-0.3, -0.25) is 4.79 Å². The van der Waals surface area contributed by atoms with Gasteiger partial charge in [-0.25, -0.2) is 9.78 Å². The fourth-order valence-electron chi connectivity index (χ4n) is 2.91. The number of ether oxygens (including phenoxy) is 1. The third kappa shape index (κ3) is 6.31. The number of likely N-dealkylation sites (tertiary alicyclic amines) is 1. The maximum absolute atomic E-state index is 12.2. The number of amides is 1. The number of carbonyl (C=O) groups excluding carboxylic acids is 1. The van der Waals surface area contributed by atoms with E-state index in [2.05, 4.69) is 4.98 Å². The van der Waals surface area contributed by atoms with Gasteiger partial charge in [0.2, 0.25) is 5.91 Å². The molecule has 2 aromatic rings. The lowest BCUT2D eigenvalue weighted by atomic mass is 10.2. The van der Waals surface area contributed by atoms with Crippen molar-refractivity contribution in [2.24, 2.45) is 0 Å². The Balaban J connectivity index is 1.46. The van der Waals surface area contributed by atoms with Gasteiger partial charge in [0.05, 0.1) is 6.04 Å². The smallest absolute Gasteiger partial charge is 0.355 e. The first-order chi connectivity index (χ1) is 14.0. The molecule has 0 saturated carbocycles. The standard InChI is InChI=1S/C20H22N2O5S2/c23-15(12-27-16-4-2-1-3-5-16)8-6-14-7-9-18(24)22(14)10-11-28-20-21-17(13-29-20)19(25)26/h1-6,8,13-15,23H,7,9-12H2,(H,25,26)/b8-6+/t14-,15?/m0/s1. The number of thiazole rings is 1. The highest BCUT2D eigenvalue weighted by atomic mass is 32.2. The minimum absolute atomic E-state index is 0.0438.